The van der Waals surface area contributed by atoms with E-state index in [1.54, 1.807) is 25.1 Å². The van der Waals surface area contributed by atoms with Crippen LogP contribution in [0.2, 0.25) is 0 Å². The second-order valence-electron chi connectivity index (χ2n) is 4.70. The maximum absolute atomic E-state index is 13.1. The van der Waals surface area contributed by atoms with Crippen LogP contribution < -0.4 is 4.74 Å². The lowest BCUT2D eigenvalue weighted by Gasteiger charge is -2.10. The first kappa shape index (κ1) is 15.4. The minimum absolute atomic E-state index is 0.0240. The zero-order chi connectivity index (χ0) is 15.6. The Kier molecular flexibility index (Phi) is 4.57. The van der Waals surface area contributed by atoms with Crippen molar-refractivity contribution in [1.82, 2.24) is 0 Å². The molecular formula is C15H13BrFNO3. The van der Waals surface area contributed by atoms with Gasteiger partial charge in [-0.1, -0.05) is 6.07 Å². The number of hydrogen-bond acceptors (Lipinski definition) is 3. The lowest BCUT2D eigenvalue weighted by atomic mass is 10.1. The van der Waals surface area contributed by atoms with Crippen LogP contribution in [-0.2, 0) is 6.61 Å². The first-order valence-electron chi connectivity index (χ1n) is 6.21. The van der Waals surface area contributed by atoms with Gasteiger partial charge in [-0.05, 0) is 59.1 Å². The normalized spacial score (nSPS) is 10.5. The lowest BCUT2D eigenvalue weighted by Crippen LogP contribution is -2.00. The summed E-state index contributed by atoms with van der Waals surface area (Å²) in [5.74, 6) is 0.105. The van der Waals surface area contributed by atoms with E-state index in [0.29, 0.717) is 15.8 Å². The summed E-state index contributed by atoms with van der Waals surface area (Å²) < 4.78 is 19.1. The van der Waals surface area contributed by atoms with Gasteiger partial charge in [0.25, 0.3) is 5.69 Å². The fraction of sp³-hybridized carbons (Fsp3) is 0.200. The second-order valence-corrected chi connectivity index (χ2v) is 5.55. The summed E-state index contributed by atoms with van der Waals surface area (Å²) in [5, 5.41) is 10.9. The molecule has 0 aliphatic heterocycles. The molecular weight excluding hydrogens is 341 g/mol. The van der Waals surface area contributed by atoms with E-state index in [0.717, 1.165) is 11.1 Å². The first-order chi connectivity index (χ1) is 9.88. The Hall–Kier alpha value is -1.95. The van der Waals surface area contributed by atoms with E-state index < -0.39 is 4.92 Å². The lowest BCUT2D eigenvalue weighted by molar-refractivity contribution is -0.385. The van der Waals surface area contributed by atoms with Crippen molar-refractivity contribution >= 4 is 21.6 Å². The van der Waals surface area contributed by atoms with Crippen LogP contribution in [0.4, 0.5) is 10.1 Å². The molecule has 0 aliphatic carbocycles. The Bertz CT molecular complexity index is 704. The SMILES string of the molecule is Cc1cc(C)c([N+](=O)[O-])cc1OCc1ccc(F)c(Br)c1. The molecule has 0 heterocycles. The fourth-order valence-electron chi connectivity index (χ4n) is 1.96. The predicted molar refractivity (Wildman–Crippen MR) is 81.0 cm³/mol. The Morgan fingerprint density at radius 2 is 1.95 bits per heavy atom. The van der Waals surface area contributed by atoms with Crippen molar-refractivity contribution in [2.24, 2.45) is 0 Å². The zero-order valence-corrected chi connectivity index (χ0v) is 13.1. The first-order valence-corrected chi connectivity index (χ1v) is 7.00. The molecule has 0 spiro atoms. The van der Waals surface area contributed by atoms with E-state index in [4.69, 9.17) is 4.74 Å². The summed E-state index contributed by atoms with van der Waals surface area (Å²) in [6.07, 6.45) is 0. The summed E-state index contributed by atoms with van der Waals surface area (Å²) in [7, 11) is 0. The van der Waals surface area contributed by atoms with E-state index in [2.05, 4.69) is 15.9 Å². The molecule has 0 saturated heterocycles. The van der Waals surface area contributed by atoms with Crippen LogP contribution in [0, 0.1) is 29.8 Å². The highest BCUT2D eigenvalue weighted by Crippen LogP contribution is 2.29. The van der Waals surface area contributed by atoms with Gasteiger partial charge >= 0.3 is 0 Å². The summed E-state index contributed by atoms with van der Waals surface area (Å²) in [4.78, 5) is 10.5. The van der Waals surface area contributed by atoms with Crippen molar-refractivity contribution in [3.63, 3.8) is 0 Å². The van der Waals surface area contributed by atoms with Gasteiger partial charge in [0, 0.05) is 5.56 Å². The second kappa shape index (κ2) is 6.22. The number of nitro benzene ring substituents is 1. The summed E-state index contributed by atoms with van der Waals surface area (Å²) in [5.41, 5.74) is 2.20. The quantitative estimate of drug-likeness (QED) is 0.591. The third kappa shape index (κ3) is 3.58. The Morgan fingerprint density at radius 3 is 2.57 bits per heavy atom. The van der Waals surface area contributed by atoms with Crippen molar-refractivity contribution in [3.05, 3.63) is 67.4 Å². The van der Waals surface area contributed by atoms with Gasteiger partial charge in [0.15, 0.2) is 0 Å². The number of nitro groups is 1. The molecule has 0 atom stereocenters. The summed E-state index contributed by atoms with van der Waals surface area (Å²) in [6.45, 7) is 3.72. The van der Waals surface area contributed by atoms with Crippen LogP contribution in [0.25, 0.3) is 0 Å². The summed E-state index contributed by atoms with van der Waals surface area (Å²) in [6, 6.07) is 7.70. The van der Waals surface area contributed by atoms with E-state index in [-0.39, 0.29) is 18.1 Å². The summed E-state index contributed by atoms with van der Waals surface area (Å²) >= 11 is 3.11. The van der Waals surface area contributed by atoms with Gasteiger partial charge in [-0.15, -0.1) is 0 Å². The third-order valence-electron chi connectivity index (χ3n) is 3.07. The molecule has 0 fully saturated rings. The van der Waals surface area contributed by atoms with Crippen molar-refractivity contribution < 1.29 is 14.1 Å². The number of benzene rings is 2. The van der Waals surface area contributed by atoms with Crippen LogP contribution in [-0.4, -0.2) is 4.92 Å². The third-order valence-corrected chi connectivity index (χ3v) is 3.68. The molecule has 0 saturated carbocycles. The highest BCUT2D eigenvalue weighted by atomic mass is 79.9. The Morgan fingerprint density at radius 1 is 1.24 bits per heavy atom. The van der Waals surface area contributed by atoms with E-state index in [9.17, 15) is 14.5 Å². The van der Waals surface area contributed by atoms with Crippen LogP contribution in [0.3, 0.4) is 0 Å². The minimum Gasteiger partial charge on any atom is -0.488 e. The number of ether oxygens (including phenoxy) is 1. The fourth-order valence-corrected chi connectivity index (χ4v) is 2.39. The monoisotopic (exact) mass is 353 g/mol. The molecule has 0 unspecified atom stereocenters. The standard InChI is InChI=1S/C15H13BrFNO3/c1-9-5-10(2)15(7-14(9)18(19)20)21-8-11-3-4-13(17)12(16)6-11/h3-7H,8H2,1-2H3. The van der Waals surface area contributed by atoms with Crippen molar-refractivity contribution in [2.45, 2.75) is 20.5 Å². The van der Waals surface area contributed by atoms with Crippen LogP contribution in [0.5, 0.6) is 5.75 Å². The van der Waals surface area contributed by atoms with Gasteiger partial charge in [0.05, 0.1) is 15.5 Å². The van der Waals surface area contributed by atoms with Gasteiger partial charge in [0.2, 0.25) is 0 Å². The van der Waals surface area contributed by atoms with Gasteiger partial charge in [-0.2, -0.15) is 0 Å². The van der Waals surface area contributed by atoms with Crippen molar-refractivity contribution in [2.75, 3.05) is 0 Å². The van der Waals surface area contributed by atoms with Crippen LogP contribution >= 0.6 is 15.9 Å². The largest absolute Gasteiger partial charge is 0.488 e. The Balaban J connectivity index is 2.21. The minimum atomic E-state index is -0.434. The average molecular weight is 354 g/mol. The molecule has 21 heavy (non-hydrogen) atoms. The maximum Gasteiger partial charge on any atom is 0.276 e. The highest BCUT2D eigenvalue weighted by molar-refractivity contribution is 9.10. The number of halogens is 2. The molecule has 2 aromatic carbocycles. The highest BCUT2D eigenvalue weighted by Gasteiger charge is 2.14. The molecule has 2 aromatic rings. The molecule has 6 heteroatoms. The van der Waals surface area contributed by atoms with Crippen molar-refractivity contribution in [1.29, 1.82) is 0 Å². The molecule has 110 valence electrons. The average Bonchev–Trinajstić information content (AvgIpc) is 2.41. The van der Waals surface area contributed by atoms with Gasteiger partial charge < -0.3 is 4.74 Å². The van der Waals surface area contributed by atoms with E-state index in [1.807, 2.05) is 6.92 Å². The predicted octanol–water partition coefficient (Wildman–Crippen LogP) is 4.69. The number of hydrogen-bond donors (Lipinski definition) is 0. The van der Waals surface area contributed by atoms with Gasteiger partial charge in [-0.25, -0.2) is 4.39 Å². The Labute approximate surface area is 129 Å². The molecule has 0 N–H and O–H groups in total. The maximum atomic E-state index is 13.1. The van der Waals surface area contributed by atoms with Crippen LogP contribution in [0.1, 0.15) is 16.7 Å². The molecule has 0 radical (unpaired) electrons. The molecule has 0 aliphatic rings. The molecule has 0 bridgehead atoms. The smallest absolute Gasteiger partial charge is 0.276 e. The molecule has 4 nitrogen and oxygen atoms in total. The van der Waals surface area contributed by atoms with E-state index in [1.165, 1.54) is 12.1 Å². The topological polar surface area (TPSA) is 52.4 Å². The van der Waals surface area contributed by atoms with Crippen LogP contribution in [0.15, 0.2) is 34.8 Å². The van der Waals surface area contributed by atoms with Crippen molar-refractivity contribution in [3.8, 4) is 5.75 Å². The number of aryl methyl sites for hydroxylation is 2. The van der Waals surface area contributed by atoms with E-state index >= 15 is 0 Å². The molecule has 0 amide bonds. The number of nitrogens with zero attached hydrogens (tertiary/aromatic N) is 1. The zero-order valence-electron chi connectivity index (χ0n) is 11.5. The molecule has 0 aromatic heterocycles. The van der Waals surface area contributed by atoms with Gasteiger partial charge in [0.1, 0.15) is 18.2 Å². The molecule has 2 rings (SSSR count). The van der Waals surface area contributed by atoms with Gasteiger partial charge in [-0.3, -0.25) is 10.1 Å². The number of rotatable bonds is 4.